The molecular formula is C22H22N2O3S. The first-order chi connectivity index (χ1) is 13.8. The lowest BCUT2D eigenvalue weighted by atomic mass is 10.1. The van der Waals surface area contributed by atoms with Gasteiger partial charge < -0.3 is 14.5 Å². The van der Waals surface area contributed by atoms with E-state index in [4.69, 9.17) is 9.15 Å². The van der Waals surface area contributed by atoms with Crippen molar-refractivity contribution in [1.29, 1.82) is 0 Å². The molecule has 4 heterocycles. The van der Waals surface area contributed by atoms with Crippen molar-refractivity contribution in [2.24, 2.45) is 0 Å². The highest BCUT2D eigenvalue weighted by molar-refractivity contribution is 7.17. The van der Waals surface area contributed by atoms with Gasteiger partial charge in [-0.25, -0.2) is 0 Å². The van der Waals surface area contributed by atoms with E-state index in [1.807, 2.05) is 42.5 Å². The van der Waals surface area contributed by atoms with E-state index in [0.717, 1.165) is 45.5 Å². The first kappa shape index (κ1) is 17.5. The van der Waals surface area contributed by atoms with Crippen LogP contribution in [-0.4, -0.2) is 30.4 Å². The summed E-state index contributed by atoms with van der Waals surface area (Å²) in [6, 6.07) is 13.9. The largest absolute Gasteiger partial charge is 0.488 e. The van der Waals surface area contributed by atoms with Gasteiger partial charge in [-0.05, 0) is 56.3 Å². The molecule has 144 valence electrons. The summed E-state index contributed by atoms with van der Waals surface area (Å²) in [6.07, 6.45) is 4.09. The van der Waals surface area contributed by atoms with Crippen molar-refractivity contribution < 1.29 is 13.9 Å². The highest BCUT2D eigenvalue weighted by Gasteiger charge is 2.27. The number of para-hydroxylation sites is 1. The number of thiophene rings is 1. The monoisotopic (exact) mass is 394 g/mol. The fraction of sp³-hybridized carbons (Fsp3) is 0.318. The number of amides is 1. The molecule has 0 saturated carbocycles. The van der Waals surface area contributed by atoms with Gasteiger partial charge in [0.1, 0.15) is 18.1 Å². The van der Waals surface area contributed by atoms with Gasteiger partial charge in [0, 0.05) is 22.5 Å². The van der Waals surface area contributed by atoms with Gasteiger partial charge in [0.25, 0.3) is 5.91 Å². The van der Waals surface area contributed by atoms with Crippen molar-refractivity contribution in [2.75, 3.05) is 19.6 Å². The molecule has 6 heteroatoms. The molecule has 0 radical (unpaired) electrons. The number of fused-ring (bicyclic) bond motifs is 3. The Morgan fingerprint density at radius 1 is 1.18 bits per heavy atom. The van der Waals surface area contributed by atoms with Gasteiger partial charge in [0.15, 0.2) is 0 Å². The van der Waals surface area contributed by atoms with Gasteiger partial charge in [0.2, 0.25) is 0 Å². The van der Waals surface area contributed by atoms with Gasteiger partial charge >= 0.3 is 0 Å². The molecule has 1 atom stereocenters. The Bertz CT molecular complexity index is 974. The number of rotatable bonds is 5. The zero-order chi connectivity index (χ0) is 18.9. The fourth-order valence-electron chi connectivity index (χ4n) is 4.03. The summed E-state index contributed by atoms with van der Waals surface area (Å²) in [7, 11) is 0. The van der Waals surface area contributed by atoms with Crippen molar-refractivity contribution in [3.8, 4) is 16.2 Å². The number of likely N-dealkylation sites (tertiary alicyclic amines) is 1. The van der Waals surface area contributed by atoms with Crippen LogP contribution in [0.4, 0.5) is 0 Å². The second kappa shape index (κ2) is 7.45. The Morgan fingerprint density at radius 3 is 2.86 bits per heavy atom. The zero-order valence-corrected chi connectivity index (χ0v) is 16.3. The van der Waals surface area contributed by atoms with Gasteiger partial charge in [-0.3, -0.25) is 9.69 Å². The zero-order valence-electron chi connectivity index (χ0n) is 15.5. The van der Waals surface area contributed by atoms with Gasteiger partial charge in [-0.15, -0.1) is 11.3 Å². The summed E-state index contributed by atoms with van der Waals surface area (Å²) in [5.41, 5.74) is 2.15. The van der Waals surface area contributed by atoms with Gasteiger partial charge in [-0.2, -0.15) is 0 Å². The molecule has 1 fully saturated rings. The molecule has 5 nitrogen and oxygen atoms in total. The number of carbonyl (C=O) groups is 1. The van der Waals surface area contributed by atoms with Crippen LogP contribution in [0.1, 0.15) is 39.9 Å². The predicted molar refractivity (Wildman–Crippen MR) is 109 cm³/mol. The van der Waals surface area contributed by atoms with Crippen LogP contribution in [0.25, 0.3) is 10.4 Å². The van der Waals surface area contributed by atoms with Crippen molar-refractivity contribution >= 4 is 17.2 Å². The summed E-state index contributed by atoms with van der Waals surface area (Å²) in [6.45, 7) is 3.15. The molecule has 1 saturated heterocycles. The summed E-state index contributed by atoms with van der Waals surface area (Å²) < 4.78 is 11.5. The van der Waals surface area contributed by atoms with Gasteiger partial charge in [-0.1, -0.05) is 12.1 Å². The summed E-state index contributed by atoms with van der Waals surface area (Å²) in [4.78, 5) is 17.1. The maximum absolute atomic E-state index is 12.9. The minimum atomic E-state index is -0.0346. The minimum Gasteiger partial charge on any atom is -0.488 e. The SMILES string of the molecule is O=C(NCC(c1ccco1)N1CCCC1)c1cc2c(s1)-c1ccccc1OC2. The topological polar surface area (TPSA) is 54.7 Å². The Morgan fingerprint density at radius 2 is 2.04 bits per heavy atom. The number of furan rings is 1. The average molecular weight is 394 g/mol. The van der Waals surface area contributed by atoms with E-state index in [2.05, 4.69) is 10.2 Å². The normalized spacial score (nSPS) is 16.9. The maximum Gasteiger partial charge on any atom is 0.261 e. The molecule has 28 heavy (non-hydrogen) atoms. The van der Waals surface area contributed by atoms with Crippen molar-refractivity contribution in [3.05, 3.63) is 64.9 Å². The molecule has 5 rings (SSSR count). The Hall–Kier alpha value is -2.57. The van der Waals surface area contributed by atoms with Crippen LogP contribution in [0.2, 0.25) is 0 Å². The number of ether oxygens (including phenoxy) is 1. The van der Waals surface area contributed by atoms with E-state index in [-0.39, 0.29) is 11.9 Å². The number of benzene rings is 1. The third kappa shape index (κ3) is 3.23. The molecule has 1 unspecified atom stereocenters. The summed E-state index contributed by atoms with van der Waals surface area (Å²) >= 11 is 1.54. The van der Waals surface area contributed by atoms with E-state index < -0.39 is 0 Å². The second-order valence-corrected chi connectivity index (χ2v) is 8.29. The van der Waals surface area contributed by atoms with Crippen LogP contribution in [0.5, 0.6) is 5.75 Å². The van der Waals surface area contributed by atoms with Crippen LogP contribution in [-0.2, 0) is 6.61 Å². The molecule has 1 aromatic carbocycles. The quantitative estimate of drug-likeness (QED) is 0.694. The molecule has 2 aromatic heterocycles. The number of nitrogens with one attached hydrogen (secondary N) is 1. The average Bonchev–Trinajstić information content (AvgIpc) is 3.49. The van der Waals surface area contributed by atoms with Crippen LogP contribution in [0.3, 0.4) is 0 Å². The number of nitrogens with zero attached hydrogens (tertiary/aromatic N) is 1. The Kier molecular flexibility index (Phi) is 4.66. The summed E-state index contributed by atoms with van der Waals surface area (Å²) in [5, 5.41) is 3.13. The highest BCUT2D eigenvalue weighted by atomic mass is 32.1. The van der Waals surface area contributed by atoms with Gasteiger partial charge in [0.05, 0.1) is 17.2 Å². The lowest BCUT2D eigenvalue weighted by molar-refractivity contribution is 0.0937. The van der Waals surface area contributed by atoms with E-state index in [1.165, 1.54) is 24.2 Å². The molecule has 2 aliphatic heterocycles. The molecule has 1 amide bonds. The van der Waals surface area contributed by atoms with Crippen LogP contribution in [0, 0.1) is 0 Å². The Balaban J connectivity index is 1.33. The van der Waals surface area contributed by atoms with Crippen LogP contribution in [0.15, 0.2) is 53.1 Å². The minimum absolute atomic E-state index is 0.0346. The molecule has 1 N–H and O–H groups in total. The van der Waals surface area contributed by atoms with Crippen molar-refractivity contribution in [3.63, 3.8) is 0 Å². The third-order valence-electron chi connectivity index (χ3n) is 5.46. The number of hydrogen-bond acceptors (Lipinski definition) is 5. The van der Waals surface area contributed by atoms with Crippen molar-refractivity contribution in [1.82, 2.24) is 10.2 Å². The van der Waals surface area contributed by atoms with E-state index in [0.29, 0.717) is 13.2 Å². The van der Waals surface area contributed by atoms with Crippen LogP contribution < -0.4 is 10.1 Å². The van der Waals surface area contributed by atoms with E-state index in [1.54, 1.807) is 6.26 Å². The van der Waals surface area contributed by atoms with Crippen LogP contribution >= 0.6 is 11.3 Å². The molecule has 0 aliphatic carbocycles. The third-order valence-corrected chi connectivity index (χ3v) is 6.67. The lowest BCUT2D eigenvalue weighted by Crippen LogP contribution is -2.36. The first-order valence-electron chi connectivity index (χ1n) is 9.70. The lowest BCUT2D eigenvalue weighted by Gasteiger charge is -2.25. The first-order valence-corrected chi connectivity index (χ1v) is 10.5. The van der Waals surface area contributed by atoms with E-state index >= 15 is 0 Å². The van der Waals surface area contributed by atoms with Crippen molar-refractivity contribution in [2.45, 2.75) is 25.5 Å². The Labute approximate surface area is 167 Å². The van der Waals surface area contributed by atoms with E-state index in [9.17, 15) is 4.79 Å². The molecular weight excluding hydrogens is 372 g/mol. The molecule has 0 spiro atoms. The molecule has 3 aromatic rings. The molecule has 2 aliphatic rings. The highest BCUT2D eigenvalue weighted by Crippen LogP contribution is 2.42. The standard InChI is InChI=1S/C22H22N2O3S/c25-22(23-13-17(19-8-5-11-26-19)24-9-3-4-10-24)20-12-15-14-27-18-7-2-1-6-16(18)21(15)28-20/h1-2,5-8,11-12,17H,3-4,9-10,13-14H2,(H,23,25). The fourth-order valence-corrected chi connectivity index (χ4v) is 5.15. The predicted octanol–water partition coefficient (Wildman–Crippen LogP) is 4.47. The second-order valence-electron chi connectivity index (χ2n) is 7.23. The number of hydrogen-bond donors (Lipinski definition) is 1. The number of carbonyl (C=O) groups excluding carboxylic acids is 1. The smallest absolute Gasteiger partial charge is 0.261 e. The summed E-state index contributed by atoms with van der Waals surface area (Å²) in [5.74, 6) is 1.76. The molecule has 0 bridgehead atoms. The maximum atomic E-state index is 12.9.